The summed E-state index contributed by atoms with van der Waals surface area (Å²) in [6.45, 7) is 3.70. The van der Waals surface area contributed by atoms with Crippen LogP contribution in [0.4, 0.5) is 0 Å². The Morgan fingerprint density at radius 2 is 1.39 bits per heavy atom. The van der Waals surface area contributed by atoms with Crippen LogP contribution in [0.2, 0.25) is 5.02 Å². The Morgan fingerprint density at radius 1 is 0.833 bits per heavy atom. The second-order valence-corrected chi connectivity index (χ2v) is 9.43. The van der Waals surface area contributed by atoms with Gasteiger partial charge in [0.05, 0.1) is 0 Å². The predicted molar refractivity (Wildman–Crippen MR) is 133 cm³/mol. The lowest BCUT2D eigenvalue weighted by molar-refractivity contribution is -0.725. The molecule has 36 heavy (non-hydrogen) atoms. The molecule has 0 spiro atoms. The minimum absolute atomic E-state index is 0.0425. The van der Waals surface area contributed by atoms with E-state index in [0.29, 0.717) is 5.02 Å². The van der Waals surface area contributed by atoms with Gasteiger partial charge in [-0.2, -0.15) is 4.57 Å². The first-order chi connectivity index (χ1) is 17.2. The van der Waals surface area contributed by atoms with Crippen LogP contribution in [0, 0.1) is 5.92 Å². The first-order valence-electron chi connectivity index (χ1n) is 11.6. The molecule has 8 nitrogen and oxygen atoms in total. The van der Waals surface area contributed by atoms with Gasteiger partial charge in [-0.05, 0) is 24.5 Å². The number of aromatic nitrogens is 2. The van der Waals surface area contributed by atoms with E-state index in [0.717, 1.165) is 11.1 Å². The van der Waals surface area contributed by atoms with Crippen molar-refractivity contribution in [3.63, 3.8) is 0 Å². The quantitative estimate of drug-likeness (QED) is 0.341. The molecule has 3 atom stereocenters. The maximum atomic E-state index is 12.9. The summed E-state index contributed by atoms with van der Waals surface area (Å²) in [5.41, 5.74) is 2.04. The van der Waals surface area contributed by atoms with Crippen molar-refractivity contribution in [3.05, 3.63) is 95.5 Å². The number of carboxylic acids is 2. The second-order valence-electron chi connectivity index (χ2n) is 8.99. The number of halogens is 1. The molecule has 9 heteroatoms. The van der Waals surface area contributed by atoms with Crippen molar-refractivity contribution in [2.45, 2.75) is 44.8 Å². The van der Waals surface area contributed by atoms with Crippen molar-refractivity contribution in [1.82, 2.24) is 5.32 Å². The molecule has 0 aliphatic heterocycles. The third-order valence-corrected chi connectivity index (χ3v) is 6.02. The zero-order chi connectivity index (χ0) is 26.2. The van der Waals surface area contributed by atoms with E-state index in [4.69, 9.17) is 11.6 Å². The molecule has 0 saturated heterocycles. The number of hydrogen-bond acceptors (Lipinski definition) is 4. The molecule has 0 aliphatic rings. The molecular formula is C27H30ClN3O5+2. The van der Waals surface area contributed by atoms with Crippen molar-refractivity contribution in [1.29, 1.82) is 0 Å². The van der Waals surface area contributed by atoms with Gasteiger partial charge in [-0.3, -0.25) is 14.9 Å². The summed E-state index contributed by atoms with van der Waals surface area (Å²) in [5, 5.41) is 22.3. The molecule has 0 saturated carbocycles. The van der Waals surface area contributed by atoms with Crippen molar-refractivity contribution < 1.29 is 33.7 Å². The zero-order valence-corrected chi connectivity index (χ0v) is 20.9. The lowest BCUT2D eigenvalue weighted by atomic mass is 9.98. The van der Waals surface area contributed by atoms with Crippen LogP contribution in [-0.4, -0.2) is 40.1 Å². The summed E-state index contributed by atoms with van der Waals surface area (Å²) >= 11 is 6.07. The summed E-state index contributed by atoms with van der Waals surface area (Å²) in [4.78, 5) is 36.2. The first kappa shape index (κ1) is 27.0. The highest BCUT2D eigenvalue weighted by molar-refractivity contribution is 6.30. The Labute approximate surface area is 214 Å². The van der Waals surface area contributed by atoms with Crippen LogP contribution in [0.3, 0.4) is 0 Å². The normalized spacial score (nSPS) is 13.7. The van der Waals surface area contributed by atoms with Crippen LogP contribution in [0.15, 0.2) is 79.4 Å². The van der Waals surface area contributed by atoms with E-state index >= 15 is 0 Å². The van der Waals surface area contributed by atoms with Crippen LogP contribution in [0.5, 0.6) is 0 Å². The van der Waals surface area contributed by atoms with Crippen molar-refractivity contribution in [2.75, 3.05) is 0 Å². The van der Waals surface area contributed by atoms with E-state index in [-0.39, 0.29) is 18.4 Å². The van der Waals surface area contributed by atoms with E-state index in [2.05, 4.69) is 5.32 Å². The lowest BCUT2D eigenvalue weighted by Crippen LogP contribution is -2.53. The van der Waals surface area contributed by atoms with Crippen LogP contribution in [0.25, 0.3) is 0 Å². The van der Waals surface area contributed by atoms with Gasteiger partial charge in [-0.1, -0.05) is 67.9 Å². The van der Waals surface area contributed by atoms with Gasteiger partial charge in [0, 0.05) is 16.1 Å². The molecule has 3 N–H and O–H groups in total. The van der Waals surface area contributed by atoms with E-state index in [1.54, 1.807) is 24.8 Å². The number of carboxylic acid groups (broad SMARTS) is 2. The number of carbonyl (C=O) groups excluding carboxylic acids is 1. The summed E-state index contributed by atoms with van der Waals surface area (Å²) in [5.74, 6) is -2.86. The average Bonchev–Trinajstić information content (AvgIpc) is 2.85. The molecule has 0 bridgehead atoms. The third kappa shape index (κ3) is 7.19. The molecule has 0 aliphatic carbocycles. The van der Waals surface area contributed by atoms with E-state index in [1.807, 2.05) is 73.0 Å². The SMILES string of the molecule is CC(C)C[C@H](N[C@@H](CC(=O)[n+]1cc[n+](C(c2ccccc2)c2ccc(Cl)cc2)cc1)C(=O)O)C(=O)O. The fourth-order valence-electron chi connectivity index (χ4n) is 4.00. The molecule has 0 fully saturated rings. The minimum Gasteiger partial charge on any atom is -0.480 e. The maximum Gasteiger partial charge on any atom is 0.394 e. The van der Waals surface area contributed by atoms with Gasteiger partial charge in [0.2, 0.25) is 30.8 Å². The molecule has 0 radical (unpaired) electrons. The lowest BCUT2D eigenvalue weighted by Gasteiger charge is -2.20. The predicted octanol–water partition coefficient (Wildman–Crippen LogP) is 3.13. The van der Waals surface area contributed by atoms with Crippen LogP contribution in [-0.2, 0) is 9.59 Å². The molecule has 3 rings (SSSR count). The summed E-state index contributed by atoms with van der Waals surface area (Å²) in [6.07, 6.45) is 6.47. The average molecular weight is 512 g/mol. The monoisotopic (exact) mass is 511 g/mol. The minimum atomic E-state index is -1.33. The van der Waals surface area contributed by atoms with Gasteiger partial charge in [0.1, 0.15) is 18.5 Å². The molecule has 1 aromatic heterocycles. The number of carbonyl (C=O) groups is 3. The number of hydrogen-bond donors (Lipinski definition) is 3. The van der Waals surface area contributed by atoms with Crippen molar-refractivity contribution >= 4 is 29.4 Å². The van der Waals surface area contributed by atoms with Gasteiger partial charge >= 0.3 is 17.8 Å². The van der Waals surface area contributed by atoms with E-state index in [9.17, 15) is 24.6 Å². The smallest absolute Gasteiger partial charge is 0.394 e. The second kappa shape index (κ2) is 12.4. The highest BCUT2D eigenvalue weighted by Gasteiger charge is 2.32. The number of rotatable bonds is 11. The summed E-state index contributed by atoms with van der Waals surface area (Å²) in [7, 11) is 0. The molecule has 1 heterocycles. The Bertz CT molecular complexity index is 1180. The van der Waals surface area contributed by atoms with Crippen LogP contribution < -0.4 is 14.5 Å². The highest BCUT2D eigenvalue weighted by Crippen LogP contribution is 2.23. The fraction of sp³-hybridized carbons (Fsp3) is 0.296. The van der Waals surface area contributed by atoms with Crippen LogP contribution in [0.1, 0.15) is 48.7 Å². The number of nitrogens with one attached hydrogen (secondary N) is 1. The maximum absolute atomic E-state index is 12.9. The van der Waals surface area contributed by atoms with E-state index in [1.165, 1.54) is 4.57 Å². The van der Waals surface area contributed by atoms with E-state index < -0.39 is 36.4 Å². The topological polar surface area (TPSA) is 111 Å². The van der Waals surface area contributed by atoms with Gasteiger partial charge in [-0.15, -0.1) is 4.57 Å². The molecule has 2 aromatic carbocycles. The fourth-order valence-corrected chi connectivity index (χ4v) is 4.13. The summed E-state index contributed by atoms with van der Waals surface area (Å²) < 4.78 is 3.24. The number of nitrogens with zero attached hydrogens (tertiary/aromatic N) is 2. The van der Waals surface area contributed by atoms with Crippen molar-refractivity contribution in [2.24, 2.45) is 5.92 Å². The molecule has 1 unspecified atom stereocenters. The largest absolute Gasteiger partial charge is 0.480 e. The standard InChI is InChI=1S/C27H28ClN3O5/c1-18(2)16-22(26(33)34)29-23(27(35)36)17-24(32)30-12-14-31(15-13-30)25(19-6-4-3-5-7-19)20-8-10-21(28)11-9-20/h3-15,18,22-23,25,29H,16-17H2,1-2H3/p+2/t22-,23-,25?/m0/s1. The molecule has 0 amide bonds. The Hall–Kier alpha value is -3.62. The summed E-state index contributed by atoms with van der Waals surface area (Å²) in [6, 6.07) is 14.8. The Morgan fingerprint density at radius 3 is 1.92 bits per heavy atom. The third-order valence-electron chi connectivity index (χ3n) is 5.77. The van der Waals surface area contributed by atoms with Gasteiger partial charge in [-0.25, -0.2) is 4.79 Å². The molecular weight excluding hydrogens is 482 g/mol. The Kier molecular flexibility index (Phi) is 9.27. The van der Waals surface area contributed by atoms with Gasteiger partial charge in [0.25, 0.3) is 0 Å². The zero-order valence-electron chi connectivity index (χ0n) is 20.1. The Balaban J connectivity index is 1.82. The van der Waals surface area contributed by atoms with Crippen molar-refractivity contribution in [3.8, 4) is 0 Å². The molecule has 188 valence electrons. The molecule has 3 aromatic rings. The van der Waals surface area contributed by atoms with Gasteiger partial charge < -0.3 is 10.2 Å². The highest BCUT2D eigenvalue weighted by atomic mass is 35.5. The number of benzene rings is 2. The van der Waals surface area contributed by atoms with Crippen LogP contribution >= 0.6 is 11.6 Å². The van der Waals surface area contributed by atoms with Gasteiger partial charge in [0.15, 0.2) is 0 Å². The first-order valence-corrected chi connectivity index (χ1v) is 12.0. The number of aliphatic carboxylic acids is 2.